The van der Waals surface area contributed by atoms with Gasteiger partial charge in [0.2, 0.25) is 0 Å². The van der Waals surface area contributed by atoms with Crippen LogP contribution in [-0.2, 0) is 0 Å². The van der Waals surface area contributed by atoms with Crippen molar-refractivity contribution in [1.29, 1.82) is 0 Å². The van der Waals surface area contributed by atoms with Gasteiger partial charge in [-0.05, 0) is 22.0 Å². The number of hydrogen-bond donors (Lipinski definition) is 0. The van der Waals surface area contributed by atoms with Gasteiger partial charge >= 0.3 is 0 Å². The molecule has 0 N–H and O–H groups in total. The Morgan fingerprint density at radius 1 is 1.33 bits per heavy atom. The van der Waals surface area contributed by atoms with Crippen molar-refractivity contribution in [1.82, 2.24) is 0 Å². The maximum Gasteiger partial charge on any atom is 0.169 e. The predicted octanol–water partition coefficient (Wildman–Crippen LogP) is 3.89. The molecule has 0 radical (unpaired) electrons. The maximum absolute atomic E-state index is 5.93. The fourth-order valence-corrected chi connectivity index (χ4v) is 2.35. The van der Waals surface area contributed by atoms with Gasteiger partial charge in [0, 0.05) is 5.56 Å². The predicted molar refractivity (Wildman–Crippen MR) is 56.5 cm³/mol. The normalized spacial score (nSPS) is 26.6. The van der Waals surface area contributed by atoms with Gasteiger partial charge in [-0.2, -0.15) is 0 Å². The summed E-state index contributed by atoms with van der Waals surface area (Å²) in [7, 11) is 0. The standard InChI is InChI=1S/C8H5Br2ClO/c9-6-4-2-1-3-5(11)7(4)12-8(6)10/h1-3,6,8H. The Kier molecular flexibility index (Phi) is 2.36. The molecule has 1 nitrogen and oxygen atoms in total. The van der Waals surface area contributed by atoms with Crippen LogP contribution in [0, 0.1) is 0 Å². The SMILES string of the molecule is Clc1cccc2c1OC(Br)C2Br. The van der Waals surface area contributed by atoms with E-state index in [0.717, 1.165) is 11.3 Å². The van der Waals surface area contributed by atoms with Gasteiger partial charge in [-0.1, -0.05) is 39.7 Å². The second-order valence-electron chi connectivity index (χ2n) is 2.53. The summed E-state index contributed by atoms with van der Waals surface area (Å²) in [6.07, 6.45) is 0. The maximum atomic E-state index is 5.93. The first-order valence-electron chi connectivity index (χ1n) is 3.43. The van der Waals surface area contributed by atoms with E-state index in [1.807, 2.05) is 18.2 Å². The summed E-state index contributed by atoms with van der Waals surface area (Å²) in [6.45, 7) is 0. The van der Waals surface area contributed by atoms with Gasteiger partial charge in [0.05, 0.1) is 9.85 Å². The molecule has 2 rings (SSSR count). The molecule has 0 amide bonds. The first-order chi connectivity index (χ1) is 5.70. The summed E-state index contributed by atoms with van der Waals surface area (Å²) in [4.78, 5) is 0.186. The van der Waals surface area contributed by atoms with Crippen molar-refractivity contribution in [2.45, 2.75) is 9.84 Å². The molecule has 64 valence electrons. The Morgan fingerprint density at radius 2 is 2.08 bits per heavy atom. The first-order valence-corrected chi connectivity index (χ1v) is 5.64. The van der Waals surface area contributed by atoms with Crippen LogP contribution in [0.2, 0.25) is 5.02 Å². The summed E-state index contributed by atoms with van der Waals surface area (Å²) in [5, 5.41) is 0.645. The van der Waals surface area contributed by atoms with E-state index in [4.69, 9.17) is 16.3 Å². The van der Waals surface area contributed by atoms with Crippen molar-refractivity contribution < 1.29 is 4.74 Å². The van der Waals surface area contributed by atoms with Crippen LogP contribution in [0.1, 0.15) is 10.4 Å². The molecule has 12 heavy (non-hydrogen) atoms. The highest BCUT2D eigenvalue weighted by Crippen LogP contribution is 2.47. The Bertz CT molecular complexity index is 316. The molecule has 4 heteroatoms. The van der Waals surface area contributed by atoms with Gasteiger partial charge in [-0.15, -0.1) is 0 Å². The monoisotopic (exact) mass is 310 g/mol. The fraction of sp³-hybridized carbons (Fsp3) is 0.250. The van der Waals surface area contributed by atoms with Gasteiger partial charge in [-0.3, -0.25) is 0 Å². The molecule has 0 spiro atoms. The van der Waals surface area contributed by atoms with Crippen molar-refractivity contribution in [3.05, 3.63) is 28.8 Å². The largest absolute Gasteiger partial charge is 0.476 e. The van der Waals surface area contributed by atoms with Crippen LogP contribution in [0.15, 0.2) is 18.2 Å². The number of para-hydroxylation sites is 1. The molecular weight excluding hydrogens is 307 g/mol. The third-order valence-electron chi connectivity index (χ3n) is 1.76. The molecule has 0 saturated heterocycles. The summed E-state index contributed by atoms with van der Waals surface area (Å²) in [6, 6.07) is 5.75. The Labute approximate surface area is 92.3 Å². The summed E-state index contributed by atoms with van der Waals surface area (Å²) < 4.78 is 5.49. The molecule has 1 aliphatic rings. The van der Waals surface area contributed by atoms with Gasteiger partial charge in [-0.25, -0.2) is 0 Å². The van der Waals surface area contributed by atoms with E-state index in [0.29, 0.717) is 5.02 Å². The van der Waals surface area contributed by atoms with Crippen molar-refractivity contribution >= 4 is 43.5 Å². The quantitative estimate of drug-likeness (QED) is 0.660. The number of halogens is 3. The molecule has 0 fully saturated rings. The molecule has 2 unspecified atom stereocenters. The number of hydrogen-bond acceptors (Lipinski definition) is 1. The van der Waals surface area contributed by atoms with Crippen LogP contribution in [0.3, 0.4) is 0 Å². The van der Waals surface area contributed by atoms with E-state index in [-0.39, 0.29) is 9.84 Å². The van der Waals surface area contributed by atoms with Crippen molar-refractivity contribution in [2.75, 3.05) is 0 Å². The molecule has 1 aromatic carbocycles. The second kappa shape index (κ2) is 3.20. The minimum absolute atomic E-state index is 0.0209. The molecule has 1 heterocycles. The lowest BCUT2D eigenvalue weighted by Crippen LogP contribution is -2.03. The number of ether oxygens (including phenoxy) is 1. The van der Waals surface area contributed by atoms with E-state index in [9.17, 15) is 0 Å². The highest BCUT2D eigenvalue weighted by atomic mass is 79.9. The minimum atomic E-state index is -0.0209. The Hall–Kier alpha value is 0.270. The van der Waals surface area contributed by atoms with Gasteiger partial charge in [0.25, 0.3) is 0 Å². The van der Waals surface area contributed by atoms with Crippen molar-refractivity contribution in [3.8, 4) is 5.75 Å². The number of rotatable bonds is 0. The minimum Gasteiger partial charge on any atom is -0.476 e. The Morgan fingerprint density at radius 3 is 2.75 bits per heavy atom. The van der Waals surface area contributed by atoms with Crippen LogP contribution in [0.5, 0.6) is 5.75 Å². The summed E-state index contributed by atoms with van der Waals surface area (Å²) in [5.74, 6) is 0.780. The first kappa shape index (κ1) is 8.85. The second-order valence-corrected chi connectivity index (χ2v) is 4.83. The molecule has 0 bridgehead atoms. The van der Waals surface area contributed by atoms with E-state index in [2.05, 4.69) is 31.9 Å². The third kappa shape index (κ3) is 1.28. The lowest BCUT2D eigenvalue weighted by molar-refractivity contribution is 0.329. The van der Waals surface area contributed by atoms with Crippen LogP contribution in [0.25, 0.3) is 0 Å². The van der Waals surface area contributed by atoms with Gasteiger partial charge in [0.15, 0.2) is 5.01 Å². The molecule has 0 aromatic heterocycles. The van der Waals surface area contributed by atoms with Crippen molar-refractivity contribution in [3.63, 3.8) is 0 Å². The summed E-state index contributed by atoms with van der Waals surface area (Å²) >= 11 is 12.8. The van der Waals surface area contributed by atoms with E-state index >= 15 is 0 Å². The third-order valence-corrected chi connectivity index (χ3v) is 4.45. The smallest absolute Gasteiger partial charge is 0.169 e. The number of alkyl halides is 2. The Balaban J connectivity index is 2.53. The zero-order valence-corrected chi connectivity index (χ0v) is 9.86. The number of fused-ring (bicyclic) bond motifs is 1. The van der Waals surface area contributed by atoms with Crippen molar-refractivity contribution in [2.24, 2.45) is 0 Å². The highest BCUT2D eigenvalue weighted by Gasteiger charge is 2.31. The van der Waals surface area contributed by atoms with Gasteiger partial charge < -0.3 is 4.74 Å². The zero-order valence-electron chi connectivity index (χ0n) is 5.93. The lowest BCUT2D eigenvalue weighted by atomic mass is 10.2. The molecular formula is C8H5Br2ClO. The highest BCUT2D eigenvalue weighted by molar-refractivity contribution is 9.12. The number of benzene rings is 1. The lowest BCUT2D eigenvalue weighted by Gasteiger charge is -2.03. The molecule has 1 aromatic rings. The zero-order chi connectivity index (χ0) is 8.72. The summed E-state index contributed by atoms with van der Waals surface area (Å²) in [5.41, 5.74) is 1.10. The van der Waals surface area contributed by atoms with Crippen LogP contribution < -0.4 is 4.74 Å². The molecule has 1 aliphatic heterocycles. The van der Waals surface area contributed by atoms with Gasteiger partial charge in [0.1, 0.15) is 5.75 Å². The molecule has 2 atom stereocenters. The fourth-order valence-electron chi connectivity index (χ4n) is 1.18. The average molecular weight is 312 g/mol. The van der Waals surface area contributed by atoms with E-state index in [1.54, 1.807) is 0 Å². The molecule has 0 saturated carbocycles. The van der Waals surface area contributed by atoms with E-state index in [1.165, 1.54) is 0 Å². The molecule has 0 aliphatic carbocycles. The average Bonchev–Trinajstić information content (AvgIpc) is 2.32. The van der Waals surface area contributed by atoms with Crippen LogP contribution >= 0.6 is 43.5 Å². The van der Waals surface area contributed by atoms with Crippen LogP contribution in [-0.4, -0.2) is 5.01 Å². The topological polar surface area (TPSA) is 9.23 Å². The van der Waals surface area contributed by atoms with E-state index < -0.39 is 0 Å². The van der Waals surface area contributed by atoms with Crippen LogP contribution in [0.4, 0.5) is 0 Å².